The number of aliphatic hydroxyl groups excluding tert-OH is 1. The van der Waals surface area contributed by atoms with E-state index in [0.29, 0.717) is 5.56 Å². The van der Waals surface area contributed by atoms with E-state index in [1.54, 1.807) is 18.2 Å². The van der Waals surface area contributed by atoms with Crippen molar-refractivity contribution in [3.8, 4) is 5.75 Å². The topological polar surface area (TPSA) is 55.5 Å². The van der Waals surface area contributed by atoms with E-state index >= 15 is 0 Å². The standard InChI is InChI=1S/C13H19F2NO2/c1-13(2,3)11(17)10(16)8-6-4-5-7-9(8)18-12(14)15/h4-7,10-12,17H,16H2,1-3H3/t10-,11-/m0/s1. The number of nitrogens with two attached hydrogens (primary N) is 1. The van der Waals surface area contributed by atoms with Gasteiger partial charge in [-0.15, -0.1) is 0 Å². The van der Waals surface area contributed by atoms with Crippen molar-refractivity contribution in [1.82, 2.24) is 0 Å². The zero-order valence-corrected chi connectivity index (χ0v) is 10.7. The van der Waals surface area contributed by atoms with E-state index in [1.165, 1.54) is 6.07 Å². The van der Waals surface area contributed by atoms with Gasteiger partial charge in [0.15, 0.2) is 0 Å². The molecule has 0 saturated heterocycles. The number of para-hydroxylation sites is 1. The van der Waals surface area contributed by atoms with Crippen LogP contribution in [0, 0.1) is 5.41 Å². The summed E-state index contributed by atoms with van der Waals surface area (Å²) in [5.41, 5.74) is 5.85. The SMILES string of the molecule is CC(C)(C)[C@@H](O)[C@@H](N)c1ccccc1OC(F)F. The lowest BCUT2D eigenvalue weighted by molar-refractivity contribution is -0.0515. The highest BCUT2D eigenvalue weighted by Crippen LogP contribution is 2.33. The molecular weight excluding hydrogens is 240 g/mol. The highest BCUT2D eigenvalue weighted by Gasteiger charge is 2.30. The Morgan fingerprint density at radius 1 is 1.22 bits per heavy atom. The fraction of sp³-hybridized carbons (Fsp3) is 0.538. The molecular formula is C13H19F2NO2. The molecule has 1 aromatic rings. The number of hydrogen-bond donors (Lipinski definition) is 2. The van der Waals surface area contributed by atoms with Crippen molar-refractivity contribution >= 4 is 0 Å². The van der Waals surface area contributed by atoms with E-state index in [0.717, 1.165) is 0 Å². The summed E-state index contributed by atoms with van der Waals surface area (Å²) < 4.78 is 29.0. The second kappa shape index (κ2) is 5.63. The van der Waals surface area contributed by atoms with Crippen LogP contribution >= 0.6 is 0 Å². The summed E-state index contributed by atoms with van der Waals surface area (Å²) in [5.74, 6) is 0.00306. The lowest BCUT2D eigenvalue weighted by Gasteiger charge is -2.31. The molecule has 18 heavy (non-hydrogen) atoms. The van der Waals surface area contributed by atoms with Gasteiger partial charge < -0.3 is 15.6 Å². The summed E-state index contributed by atoms with van der Waals surface area (Å²) >= 11 is 0. The van der Waals surface area contributed by atoms with Gasteiger partial charge in [0.2, 0.25) is 0 Å². The van der Waals surface area contributed by atoms with Gasteiger partial charge in [-0.2, -0.15) is 8.78 Å². The molecule has 0 unspecified atom stereocenters. The molecule has 5 heteroatoms. The number of ether oxygens (including phenoxy) is 1. The molecule has 3 N–H and O–H groups in total. The predicted octanol–water partition coefficient (Wildman–Crippen LogP) is 2.69. The van der Waals surface area contributed by atoms with Gasteiger partial charge in [-0.05, 0) is 11.5 Å². The lowest BCUT2D eigenvalue weighted by atomic mass is 9.82. The van der Waals surface area contributed by atoms with Crippen LogP contribution in [0.2, 0.25) is 0 Å². The predicted molar refractivity (Wildman–Crippen MR) is 65.5 cm³/mol. The van der Waals surface area contributed by atoms with Crippen molar-refractivity contribution in [2.45, 2.75) is 39.5 Å². The summed E-state index contributed by atoms with van der Waals surface area (Å²) in [6, 6.07) is 5.47. The quantitative estimate of drug-likeness (QED) is 0.874. The molecule has 1 aromatic carbocycles. The first-order valence-corrected chi connectivity index (χ1v) is 5.71. The maximum atomic E-state index is 12.3. The van der Waals surface area contributed by atoms with E-state index in [2.05, 4.69) is 4.74 Å². The number of rotatable bonds is 4. The Labute approximate surface area is 106 Å². The fourth-order valence-electron chi connectivity index (χ4n) is 1.67. The molecule has 0 aliphatic heterocycles. The summed E-state index contributed by atoms with van der Waals surface area (Å²) in [4.78, 5) is 0. The van der Waals surface area contributed by atoms with Gasteiger partial charge in [0.1, 0.15) is 5.75 Å². The minimum absolute atomic E-state index is 0.00306. The van der Waals surface area contributed by atoms with Crippen molar-refractivity contribution in [2.75, 3.05) is 0 Å². The van der Waals surface area contributed by atoms with Crippen LogP contribution in [0.3, 0.4) is 0 Å². The van der Waals surface area contributed by atoms with Crippen LogP contribution in [0.25, 0.3) is 0 Å². The van der Waals surface area contributed by atoms with Crippen LogP contribution in [0.4, 0.5) is 8.78 Å². The van der Waals surface area contributed by atoms with Crippen molar-refractivity contribution in [2.24, 2.45) is 11.1 Å². The van der Waals surface area contributed by atoms with Crippen molar-refractivity contribution < 1.29 is 18.6 Å². The van der Waals surface area contributed by atoms with Crippen molar-refractivity contribution in [3.05, 3.63) is 29.8 Å². The van der Waals surface area contributed by atoms with Gasteiger partial charge >= 0.3 is 6.61 Å². The third-order valence-corrected chi connectivity index (χ3v) is 2.72. The average molecular weight is 259 g/mol. The molecule has 0 amide bonds. The molecule has 3 nitrogen and oxygen atoms in total. The Morgan fingerprint density at radius 2 is 1.78 bits per heavy atom. The van der Waals surface area contributed by atoms with E-state index in [1.807, 2.05) is 20.8 Å². The number of halogens is 2. The molecule has 102 valence electrons. The van der Waals surface area contributed by atoms with Crippen molar-refractivity contribution in [3.63, 3.8) is 0 Å². The molecule has 0 fully saturated rings. The van der Waals surface area contributed by atoms with Gasteiger partial charge in [0.05, 0.1) is 12.1 Å². The zero-order chi connectivity index (χ0) is 13.9. The van der Waals surface area contributed by atoms with E-state index < -0.39 is 24.2 Å². The molecule has 0 aromatic heterocycles. The second-order valence-corrected chi connectivity index (χ2v) is 5.25. The number of benzene rings is 1. The Morgan fingerprint density at radius 3 is 2.28 bits per heavy atom. The number of hydrogen-bond acceptors (Lipinski definition) is 3. The number of alkyl halides is 2. The first kappa shape index (κ1) is 14.9. The first-order valence-electron chi connectivity index (χ1n) is 5.71. The molecule has 0 aliphatic carbocycles. The van der Waals surface area contributed by atoms with Gasteiger partial charge in [-0.1, -0.05) is 39.0 Å². The molecule has 0 bridgehead atoms. The Balaban J connectivity index is 3.01. The third kappa shape index (κ3) is 3.65. The van der Waals surface area contributed by atoms with Crippen LogP contribution < -0.4 is 10.5 Å². The zero-order valence-electron chi connectivity index (χ0n) is 10.7. The highest BCUT2D eigenvalue weighted by atomic mass is 19.3. The monoisotopic (exact) mass is 259 g/mol. The average Bonchev–Trinajstić information content (AvgIpc) is 2.26. The van der Waals surface area contributed by atoms with Gasteiger partial charge in [-0.3, -0.25) is 0 Å². The number of aliphatic hydroxyl groups is 1. The van der Waals surface area contributed by atoms with E-state index in [9.17, 15) is 13.9 Å². The normalized spacial score (nSPS) is 15.6. The molecule has 0 spiro atoms. The van der Waals surface area contributed by atoms with Crippen LogP contribution in [0.1, 0.15) is 32.4 Å². The molecule has 1 rings (SSSR count). The molecule has 0 radical (unpaired) electrons. The summed E-state index contributed by atoms with van der Waals surface area (Å²) in [7, 11) is 0. The van der Waals surface area contributed by atoms with Gasteiger partial charge in [0.25, 0.3) is 0 Å². The van der Waals surface area contributed by atoms with Crippen molar-refractivity contribution in [1.29, 1.82) is 0 Å². The Kier molecular flexibility index (Phi) is 4.65. The van der Waals surface area contributed by atoms with Crippen LogP contribution in [-0.4, -0.2) is 17.8 Å². The Hall–Kier alpha value is -1.20. The minimum atomic E-state index is -2.91. The van der Waals surface area contributed by atoms with Gasteiger partial charge in [0, 0.05) is 5.56 Å². The first-order chi connectivity index (χ1) is 8.23. The molecule has 0 heterocycles. The molecule has 2 atom stereocenters. The maximum absolute atomic E-state index is 12.3. The second-order valence-electron chi connectivity index (χ2n) is 5.25. The summed E-state index contributed by atoms with van der Waals surface area (Å²) in [5, 5.41) is 10.1. The van der Waals surface area contributed by atoms with Crippen LogP contribution in [-0.2, 0) is 0 Å². The Bertz CT molecular complexity index is 391. The fourth-order valence-corrected chi connectivity index (χ4v) is 1.67. The lowest BCUT2D eigenvalue weighted by Crippen LogP contribution is -2.37. The van der Waals surface area contributed by atoms with Crippen LogP contribution in [0.15, 0.2) is 24.3 Å². The maximum Gasteiger partial charge on any atom is 0.387 e. The third-order valence-electron chi connectivity index (χ3n) is 2.72. The summed E-state index contributed by atoms with van der Waals surface area (Å²) in [6.45, 7) is 2.57. The molecule has 0 saturated carbocycles. The largest absolute Gasteiger partial charge is 0.434 e. The molecule has 0 aliphatic rings. The van der Waals surface area contributed by atoms with Crippen LogP contribution in [0.5, 0.6) is 5.75 Å². The van der Waals surface area contributed by atoms with Gasteiger partial charge in [-0.25, -0.2) is 0 Å². The smallest absolute Gasteiger partial charge is 0.387 e. The minimum Gasteiger partial charge on any atom is -0.434 e. The summed E-state index contributed by atoms with van der Waals surface area (Å²) in [6.07, 6.45) is -0.861. The van der Waals surface area contributed by atoms with E-state index in [4.69, 9.17) is 5.73 Å². The van der Waals surface area contributed by atoms with E-state index in [-0.39, 0.29) is 5.75 Å². The highest BCUT2D eigenvalue weighted by molar-refractivity contribution is 5.36.